The first-order chi connectivity index (χ1) is 8.35. The molecular formula is C13H16N2O3. The van der Waals surface area contributed by atoms with Crippen LogP contribution < -0.4 is 4.74 Å². The van der Waals surface area contributed by atoms with Crippen LogP contribution in [-0.2, 0) is 0 Å². The number of rotatable bonds is 5. The summed E-state index contributed by atoms with van der Waals surface area (Å²) in [6.45, 7) is 5.85. The van der Waals surface area contributed by atoms with E-state index in [9.17, 15) is 10.1 Å². The number of nitro benzene ring substituents is 1. The molecule has 18 heavy (non-hydrogen) atoms. The molecular weight excluding hydrogens is 232 g/mol. The Balaban J connectivity index is 2.71. The van der Waals surface area contributed by atoms with Crippen LogP contribution in [0, 0.1) is 33.8 Å². The van der Waals surface area contributed by atoms with Crippen molar-refractivity contribution in [3.05, 3.63) is 33.9 Å². The van der Waals surface area contributed by atoms with Gasteiger partial charge in [-0.15, -0.1) is 0 Å². The van der Waals surface area contributed by atoms with E-state index in [0.29, 0.717) is 18.8 Å². The Bertz CT molecular complexity index is 489. The summed E-state index contributed by atoms with van der Waals surface area (Å²) in [5.74, 6) is 0.498. The largest absolute Gasteiger partial charge is 0.493 e. The molecule has 0 heterocycles. The molecule has 0 atom stereocenters. The third kappa shape index (κ3) is 3.74. The fourth-order valence-electron chi connectivity index (χ4n) is 1.33. The third-order valence-corrected chi connectivity index (χ3v) is 2.67. The minimum absolute atomic E-state index is 0.00939. The van der Waals surface area contributed by atoms with Gasteiger partial charge < -0.3 is 4.74 Å². The van der Waals surface area contributed by atoms with E-state index in [-0.39, 0.29) is 5.69 Å². The molecule has 0 unspecified atom stereocenters. The second kappa shape index (κ2) is 5.50. The highest BCUT2D eigenvalue weighted by molar-refractivity contribution is 5.43. The Kier molecular flexibility index (Phi) is 4.27. The minimum atomic E-state index is -0.453. The van der Waals surface area contributed by atoms with Gasteiger partial charge in [-0.25, -0.2) is 0 Å². The number of non-ortho nitro benzene ring substituents is 1. The smallest absolute Gasteiger partial charge is 0.273 e. The first-order valence-electron chi connectivity index (χ1n) is 5.65. The molecule has 0 aromatic heterocycles. The third-order valence-electron chi connectivity index (χ3n) is 2.67. The summed E-state index contributed by atoms with van der Waals surface area (Å²) in [5, 5.41) is 19.5. The number of aryl methyl sites for hydroxylation is 1. The SMILES string of the molecule is Cc1ccc([N+](=O)[O-])cc1OCCC(C)(C)C#N. The van der Waals surface area contributed by atoms with Crippen LogP contribution in [0.3, 0.4) is 0 Å². The zero-order chi connectivity index (χ0) is 13.8. The lowest BCUT2D eigenvalue weighted by atomic mass is 9.92. The van der Waals surface area contributed by atoms with E-state index < -0.39 is 10.3 Å². The highest BCUT2D eigenvalue weighted by Crippen LogP contribution is 2.25. The number of benzene rings is 1. The second-order valence-electron chi connectivity index (χ2n) is 4.80. The maximum atomic E-state index is 10.7. The highest BCUT2D eigenvalue weighted by atomic mass is 16.6. The van der Waals surface area contributed by atoms with Gasteiger partial charge in [0.05, 0.1) is 29.1 Å². The average molecular weight is 248 g/mol. The van der Waals surface area contributed by atoms with E-state index >= 15 is 0 Å². The van der Waals surface area contributed by atoms with Crippen LogP contribution in [0.25, 0.3) is 0 Å². The molecule has 0 aliphatic rings. The van der Waals surface area contributed by atoms with Gasteiger partial charge in [0.2, 0.25) is 0 Å². The van der Waals surface area contributed by atoms with Crippen molar-refractivity contribution in [1.29, 1.82) is 5.26 Å². The van der Waals surface area contributed by atoms with E-state index in [0.717, 1.165) is 5.56 Å². The van der Waals surface area contributed by atoms with Crippen molar-refractivity contribution in [2.75, 3.05) is 6.61 Å². The monoisotopic (exact) mass is 248 g/mol. The van der Waals surface area contributed by atoms with Gasteiger partial charge in [-0.05, 0) is 38.8 Å². The van der Waals surface area contributed by atoms with Crippen molar-refractivity contribution in [3.8, 4) is 11.8 Å². The molecule has 96 valence electrons. The fourth-order valence-corrected chi connectivity index (χ4v) is 1.33. The molecule has 0 aliphatic heterocycles. The van der Waals surface area contributed by atoms with Crippen LogP contribution >= 0.6 is 0 Å². The maximum Gasteiger partial charge on any atom is 0.273 e. The predicted octanol–water partition coefficient (Wildman–Crippen LogP) is 3.22. The minimum Gasteiger partial charge on any atom is -0.493 e. The Labute approximate surface area is 106 Å². The van der Waals surface area contributed by atoms with Gasteiger partial charge in [0.1, 0.15) is 5.75 Å². The predicted molar refractivity (Wildman–Crippen MR) is 67.3 cm³/mol. The maximum absolute atomic E-state index is 10.7. The van der Waals surface area contributed by atoms with Gasteiger partial charge in [0.25, 0.3) is 5.69 Å². The Morgan fingerprint density at radius 3 is 2.72 bits per heavy atom. The molecule has 1 rings (SSSR count). The summed E-state index contributed by atoms with van der Waals surface area (Å²) in [6.07, 6.45) is 0.575. The molecule has 0 amide bonds. The normalized spacial score (nSPS) is 10.8. The van der Waals surface area contributed by atoms with Crippen molar-refractivity contribution >= 4 is 5.69 Å². The van der Waals surface area contributed by atoms with Gasteiger partial charge in [0.15, 0.2) is 0 Å². The van der Waals surface area contributed by atoms with Gasteiger partial charge in [-0.3, -0.25) is 10.1 Å². The van der Waals surface area contributed by atoms with E-state index in [1.54, 1.807) is 6.07 Å². The second-order valence-corrected chi connectivity index (χ2v) is 4.80. The summed E-state index contributed by atoms with van der Waals surface area (Å²) in [4.78, 5) is 10.2. The fraction of sp³-hybridized carbons (Fsp3) is 0.462. The van der Waals surface area contributed by atoms with Crippen LogP contribution in [0.15, 0.2) is 18.2 Å². The quantitative estimate of drug-likeness (QED) is 0.592. The van der Waals surface area contributed by atoms with Gasteiger partial charge in [0, 0.05) is 6.07 Å². The standard InChI is InChI=1S/C13H16N2O3/c1-10-4-5-11(15(16)17)8-12(10)18-7-6-13(2,3)9-14/h4-5,8H,6-7H2,1-3H3. The summed E-state index contributed by atoms with van der Waals surface area (Å²) < 4.78 is 5.51. The average Bonchev–Trinajstić information content (AvgIpc) is 2.31. The molecule has 1 aromatic rings. The van der Waals surface area contributed by atoms with Gasteiger partial charge in [-0.2, -0.15) is 5.26 Å². The molecule has 1 aromatic carbocycles. The molecule has 0 saturated heterocycles. The van der Waals surface area contributed by atoms with E-state index in [1.807, 2.05) is 20.8 Å². The van der Waals surface area contributed by atoms with Crippen LogP contribution in [-0.4, -0.2) is 11.5 Å². The lowest BCUT2D eigenvalue weighted by Gasteiger charge is -2.16. The first kappa shape index (κ1) is 14.0. The number of ether oxygens (including phenoxy) is 1. The number of nitro groups is 1. The van der Waals surface area contributed by atoms with Crippen LogP contribution in [0.5, 0.6) is 5.75 Å². The highest BCUT2D eigenvalue weighted by Gasteiger charge is 2.17. The van der Waals surface area contributed by atoms with Gasteiger partial charge in [-0.1, -0.05) is 0 Å². The molecule has 0 fully saturated rings. The molecule has 0 saturated carbocycles. The molecule has 0 aliphatic carbocycles. The van der Waals surface area contributed by atoms with Gasteiger partial charge >= 0.3 is 0 Å². The van der Waals surface area contributed by atoms with Crippen molar-refractivity contribution in [2.24, 2.45) is 5.41 Å². The van der Waals surface area contributed by atoms with E-state index in [2.05, 4.69) is 6.07 Å². The lowest BCUT2D eigenvalue weighted by molar-refractivity contribution is -0.384. The summed E-state index contributed by atoms with van der Waals surface area (Å²) in [6, 6.07) is 6.70. The van der Waals surface area contributed by atoms with Crippen LogP contribution in [0.4, 0.5) is 5.69 Å². The lowest BCUT2D eigenvalue weighted by Crippen LogP contribution is -2.13. The summed E-state index contributed by atoms with van der Waals surface area (Å²) in [7, 11) is 0. The zero-order valence-corrected chi connectivity index (χ0v) is 10.8. The summed E-state index contributed by atoms with van der Waals surface area (Å²) in [5.41, 5.74) is 0.403. The zero-order valence-electron chi connectivity index (χ0n) is 10.8. The van der Waals surface area contributed by atoms with Crippen molar-refractivity contribution in [3.63, 3.8) is 0 Å². The first-order valence-corrected chi connectivity index (χ1v) is 5.65. The van der Waals surface area contributed by atoms with Crippen LogP contribution in [0.2, 0.25) is 0 Å². The molecule has 0 bridgehead atoms. The molecule has 0 radical (unpaired) electrons. The van der Waals surface area contributed by atoms with E-state index in [1.165, 1.54) is 12.1 Å². The number of hydrogen-bond donors (Lipinski definition) is 0. The molecule has 0 N–H and O–H groups in total. The molecule has 5 nitrogen and oxygen atoms in total. The number of nitrogens with zero attached hydrogens (tertiary/aromatic N) is 2. The van der Waals surface area contributed by atoms with Crippen molar-refractivity contribution in [1.82, 2.24) is 0 Å². The Morgan fingerprint density at radius 1 is 1.50 bits per heavy atom. The van der Waals surface area contributed by atoms with Crippen LogP contribution in [0.1, 0.15) is 25.8 Å². The Hall–Kier alpha value is -2.09. The molecule has 5 heteroatoms. The molecule has 0 spiro atoms. The number of hydrogen-bond acceptors (Lipinski definition) is 4. The summed E-state index contributed by atoms with van der Waals surface area (Å²) >= 11 is 0. The van der Waals surface area contributed by atoms with E-state index in [4.69, 9.17) is 10.00 Å². The van der Waals surface area contributed by atoms with Crippen molar-refractivity contribution < 1.29 is 9.66 Å². The Morgan fingerprint density at radius 2 is 2.17 bits per heavy atom. The topological polar surface area (TPSA) is 76.2 Å². The van der Waals surface area contributed by atoms with Crippen molar-refractivity contribution in [2.45, 2.75) is 27.2 Å². The number of nitriles is 1.